The summed E-state index contributed by atoms with van der Waals surface area (Å²) in [6.07, 6.45) is -0.895. The molecule has 1 heterocycles. The predicted molar refractivity (Wildman–Crippen MR) is 130 cm³/mol. The van der Waals surface area contributed by atoms with E-state index in [4.69, 9.17) is 4.74 Å². The van der Waals surface area contributed by atoms with E-state index in [0.717, 1.165) is 4.88 Å². The van der Waals surface area contributed by atoms with E-state index >= 15 is 0 Å². The Bertz CT molecular complexity index is 1330. The van der Waals surface area contributed by atoms with Crippen LogP contribution in [0.15, 0.2) is 59.5 Å². The number of rotatable bonds is 7. The van der Waals surface area contributed by atoms with Crippen LogP contribution in [-0.2, 0) is 14.8 Å². The van der Waals surface area contributed by atoms with Crippen molar-refractivity contribution in [3.8, 4) is 0 Å². The van der Waals surface area contributed by atoms with Crippen LogP contribution in [0.1, 0.15) is 38.1 Å². The number of amides is 3. The number of carbonyl (C=O) groups excluding carboxylic acids is 3. The first-order valence-corrected chi connectivity index (χ1v) is 12.5. The van der Waals surface area contributed by atoms with Crippen LogP contribution in [0.3, 0.4) is 0 Å². The van der Waals surface area contributed by atoms with E-state index < -0.39 is 27.9 Å². The number of para-hydroxylation sites is 1. The van der Waals surface area contributed by atoms with Crippen molar-refractivity contribution in [2.24, 2.45) is 0 Å². The summed E-state index contributed by atoms with van der Waals surface area (Å²) in [4.78, 5) is 38.3. The lowest BCUT2D eigenvalue weighted by Crippen LogP contribution is -2.32. The third kappa shape index (κ3) is 5.61. The third-order valence-electron chi connectivity index (χ3n) is 4.80. The molecule has 3 amide bonds. The van der Waals surface area contributed by atoms with Crippen LogP contribution in [0.2, 0.25) is 0 Å². The summed E-state index contributed by atoms with van der Waals surface area (Å²) < 4.78 is 32.7. The molecule has 1 aromatic heterocycles. The van der Waals surface area contributed by atoms with Crippen LogP contribution >= 0.6 is 11.3 Å². The van der Waals surface area contributed by atoms with Gasteiger partial charge in [0, 0.05) is 4.88 Å². The highest BCUT2D eigenvalue weighted by Crippen LogP contribution is 2.33. The van der Waals surface area contributed by atoms with E-state index in [2.05, 4.69) is 15.4 Å². The summed E-state index contributed by atoms with van der Waals surface area (Å²) >= 11 is 1.17. The largest absolute Gasteiger partial charge is 0.450 e. The lowest BCUT2D eigenvalue weighted by molar-refractivity contribution is 0.0925. The van der Waals surface area contributed by atoms with Crippen molar-refractivity contribution in [3.05, 3.63) is 76.2 Å². The monoisotopic (exact) mass is 501 g/mol. The molecule has 0 radical (unpaired) electrons. The summed E-state index contributed by atoms with van der Waals surface area (Å²) in [6.45, 7) is 5.18. The lowest BCUT2D eigenvalue weighted by atomic mass is 10.1. The van der Waals surface area contributed by atoms with Gasteiger partial charge in [-0.05, 0) is 50.6 Å². The Hall–Kier alpha value is -3.70. The van der Waals surface area contributed by atoms with Crippen LogP contribution in [-0.4, -0.2) is 32.9 Å². The summed E-state index contributed by atoms with van der Waals surface area (Å²) in [5.41, 5.74) is 0.861. The number of anilines is 2. The lowest BCUT2D eigenvalue weighted by Gasteiger charge is -2.13. The van der Waals surface area contributed by atoms with Gasteiger partial charge in [-0.2, -0.15) is 0 Å². The van der Waals surface area contributed by atoms with Gasteiger partial charge < -0.3 is 10.1 Å². The van der Waals surface area contributed by atoms with E-state index in [-0.39, 0.29) is 33.3 Å². The van der Waals surface area contributed by atoms with Crippen LogP contribution in [0, 0.1) is 13.8 Å². The van der Waals surface area contributed by atoms with E-state index in [1.807, 2.05) is 0 Å². The second-order valence-electron chi connectivity index (χ2n) is 7.08. The molecule has 0 atom stereocenters. The number of alkyl carbamates (subject to hydrolysis) is 1. The number of aryl methyl sites for hydroxylation is 1. The van der Waals surface area contributed by atoms with E-state index in [9.17, 15) is 22.8 Å². The van der Waals surface area contributed by atoms with E-state index in [1.54, 1.807) is 51.1 Å². The maximum absolute atomic E-state index is 13.1. The predicted octanol–water partition coefficient (Wildman–Crippen LogP) is 4.30. The summed E-state index contributed by atoms with van der Waals surface area (Å²) in [5.74, 6) is -1.34. The number of benzene rings is 2. The first kappa shape index (κ1) is 24.9. The van der Waals surface area contributed by atoms with E-state index in [0.29, 0.717) is 5.56 Å². The van der Waals surface area contributed by atoms with Crippen molar-refractivity contribution in [2.45, 2.75) is 25.7 Å². The molecule has 178 valence electrons. The zero-order chi connectivity index (χ0) is 24.9. The second kappa shape index (κ2) is 10.5. The average molecular weight is 502 g/mol. The number of carbonyl (C=O) groups is 3. The highest BCUT2D eigenvalue weighted by atomic mass is 32.2. The topological polar surface area (TPSA) is 131 Å². The summed E-state index contributed by atoms with van der Waals surface area (Å²) in [5, 5.41) is 5.03. The van der Waals surface area contributed by atoms with E-state index in [1.165, 1.54) is 35.6 Å². The minimum Gasteiger partial charge on any atom is -0.450 e. The highest BCUT2D eigenvalue weighted by molar-refractivity contribution is 7.92. The molecule has 3 N–H and O–H groups in total. The Morgan fingerprint density at radius 1 is 0.941 bits per heavy atom. The van der Waals surface area contributed by atoms with Gasteiger partial charge in [0.25, 0.3) is 21.8 Å². The van der Waals surface area contributed by atoms with Gasteiger partial charge >= 0.3 is 6.09 Å². The molecule has 0 fully saturated rings. The molecule has 0 saturated carbocycles. The minimum absolute atomic E-state index is 0.0487. The molecule has 34 heavy (non-hydrogen) atoms. The molecule has 11 heteroatoms. The van der Waals surface area contributed by atoms with Crippen LogP contribution < -0.4 is 15.4 Å². The second-order valence-corrected chi connectivity index (χ2v) is 9.99. The molecule has 0 aliphatic heterocycles. The molecule has 0 saturated heterocycles. The Morgan fingerprint density at radius 2 is 1.59 bits per heavy atom. The number of hydrogen-bond acceptors (Lipinski definition) is 7. The molecule has 0 spiro atoms. The molecule has 0 unspecified atom stereocenters. The number of nitrogens with one attached hydrogen (secondary N) is 3. The van der Waals surface area contributed by atoms with Crippen molar-refractivity contribution in [1.82, 2.24) is 5.32 Å². The Balaban J connectivity index is 1.89. The molecule has 0 aliphatic rings. The first-order chi connectivity index (χ1) is 16.1. The molecule has 2 aromatic carbocycles. The van der Waals surface area contributed by atoms with Gasteiger partial charge in [-0.1, -0.05) is 30.3 Å². The summed E-state index contributed by atoms with van der Waals surface area (Å²) in [7, 11) is -3.93. The SMILES string of the molecule is CCOC(=O)NC(=O)c1c(NC(=O)c2ccccc2NS(=O)(=O)c2ccccc2)sc(C)c1C. The molecule has 0 aliphatic carbocycles. The Kier molecular flexibility index (Phi) is 7.69. The molecule has 0 bridgehead atoms. The number of thiophene rings is 1. The third-order valence-corrected chi connectivity index (χ3v) is 7.30. The molecular weight excluding hydrogens is 478 g/mol. The van der Waals surface area contributed by atoms with Gasteiger partial charge in [0.2, 0.25) is 0 Å². The quantitative estimate of drug-likeness (QED) is 0.442. The van der Waals surface area contributed by atoms with Crippen molar-refractivity contribution in [3.63, 3.8) is 0 Å². The van der Waals surface area contributed by atoms with Crippen molar-refractivity contribution in [1.29, 1.82) is 0 Å². The fourth-order valence-corrected chi connectivity index (χ4v) is 5.21. The van der Waals surface area contributed by atoms with Crippen LogP contribution in [0.5, 0.6) is 0 Å². The van der Waals surface area contributed by atoms with Gasteiger partial charge in [-0.25, -0.2) is 13.2 Å². The minimum atomic E-state index is -3.93. The number of imide groups is 1. The standard InChI is InChI=1S/C23H23N3O6S2/c1-4-32-23(29)25-21(28)19-14(2)15(3)33-22(19)24-20(27)17-12-8-9-13-18(17)26-34(30,31)16-10-6-5-7-11-16/h5-13,26H,4H2,1-3H3,(H,24,27)(H,25,28,29). The van der Waals surface area contributed by atoms with Gasteiger partial charge in [0.15, 0.2) is 0 Å². The number of sulfonamides is 1. The maximum Gasteiger partial charge on any atom is 0.414 e. The zero-order valence-corrected chi connectivity index (χ0v) is 20.3. The molecule has 3 aromatic rings. The van der Waals surface area contributed by atoms with Crippen molar-refractivity contribution in [2.75, 3.05) is 16.6 Å². The molecule has 3 rings (SSSR count). The average Bonchev–Trinajstić information content (AvgIpc) is 3.07. The maximum atomic E-state index is 13.1. The van der Waals surface area contributed by atoms with Gasteiger partial charge in [-0.15, -0.1) is 11.3 Å². The van der Waals surface area contributed by atoms with Crippen LogP contribution in [0.4, 0.5) is 15.5 Å². The zero-order valence-electron chi connectivity index (χ0n) is 18.7. The molecule has 9 nitrogen and oxygen atoms in total. The smallest absolute Gasteiger partial charge is 0.414 e. The Morgan fingerprint density at radius 3 is 2.26 bits per heavy atom. The summed E-state index contributed by atoms with van der Waals surface area (Å²) in [6, 6.07) is 13.9. The fourth-order valence-electron chi connectivity index (χ4n) is 3.05. The molecular formula is C23H23N3O6S2. The number of ether oxygens (including phenoxy) is 1. The fraction of sp³-hybridized carbons (Fsp3) is 0.174. The van der Waals surface area contributed by atoms with Crippen molar-refractivity contribution < 1.29 is 27.5 Å². The van der Waals surface area contributed by atoms with Gasteiger partial charge in [0.05, 0.1) is 28.3 Å². The van der Waals surface area contributed by atoms with Crippen LogP contribution in [0.25, 0.3) is 0 Å². The number of hydrogen-bond donors (Lipinski definition) is 3. The normalized spacial score (nSPS) is 10.9. The first-order valence-electron chi connectivity index (χ1n) is 10.2. The van der Waals surface area contributed by atoms with Crippen molar-refractivity contribution >= 4 is 50.0 Å². The Labute approximate surface area is 201 Å². The highest BCUT2D eigenvalue weighted by Gasteiger charge is 2.25. The van der Waals surface area contributed by atoms with Gasteiger partial charge in [-0.3, -0.25) is 19.6 Å². The van der Waals surface area contributed by atoms with Gasteiger partial charge in [0.1, 0.15) is 5.00 Å².